The summed E-state index contributed by atoms with van der Waals surface area (Å²) in [6, 6.07) is 5.06. The van der Waals surface area contributed by atoms with Crippen LogP contribution >= 0.6 is 11.3 Å². The van der Waals surface area contributed by atoms with E-state index in [-0.39, 0.29) is 5.75 Å². The summed E-state index contributed by atoms with van der Waals surface area (Å²) < 4.78 is 0.833. The van der Waals surface area contributed by atoms with Gasteiger partial charge in [0.15, 0.2) is 5.75 Å². The molecular weight excluding hydrogens is 186 g/mol. The highest BCUT2D eigenvalue weighted by Gasteiger charge is 2.07. The van der Waals surface area contributed by atoms with Gasteiger partial charge in [-0.3, -0.25) is 4.79 Å². The molecule has 0 bridgehead atoms. The molecule has 0 spiro atoms. The highest BCUT2D eigenvalue weighted by Crippen LogP contribution is 2.38. The number of fused-ring (bicyclic) bond motifs is 1. The first kappa shape index (κ1) is 8.07. The van der Waals surface area contributed by atoms with Crippen molar-refractivity contribution in [1.29, 1.82) is 0 Å². The summed E-state index contributed by atoms with van der Waals surface area (Å²) in [5.74, 6) is 0.109. The second-order valence-electron chi connectivity index (χ2n) is 2.69. The van der Waals surface area contributed by atoms with Crippen LogP contribution < -0.4 is 5.73 Å². The van der Waals surface area contributed by atoms with Crippen molar-refractivity contribution in [2.45, 2.75) is 0 Å². The predicted octanol–water partition coefficient (Wildman–Crippen LogP) is 2.00. The molecule has 0 aliphatic heterocycles. The van der Waals surface area contributed by atoms with E-state index >= 15 is 0 Å². The summed E-state index contributed by atoms with van der Waals surface area (Å²) in [5, 5.41) is 10.5. The molecule has 3 nitrogen and oxygen atoms in total. The van der Waals surface area contributed by atoms with Gasteiger partial charge < -0.3 is 10.8 Å². The van der Waals surface area contributed by atoms with Gasteiger partial charge in [-0.05, 0) is 12.1 Å². The van der Waals surface area contributed by atoms with Crippen LogP contribution in [0.5, 0.6) is 5.75 Å². The fourth-order valence-corrected chi connectivity index (χ4v) is 2.11. The van der Waals surface area contributed by atoms with Crippen LogP contribution in [0.1, 0.15) is 10.4 Å². The quantitative estimate of drug-likeness (QED) is 0.681. The van der Waals surface area contributed by atoms with E-state index in [4.69, 9.17) is 5.73 Å². The SMILES string of the molecule is Nc1sc2cc(C=O)ccc2c1O. The van der Waals surface area contributed by atoms with Gasteiger partial charge in [-0.25, -0.2) is 0 Å². The molecule has 0 radical (unpaired) electrons. The minimum absolute atomic E-state index is 0.109. The topological polar surface area (TPSA) is 63.3 Å². The predicted molar refractivity (Wildman–Crippen MR) is 53.3 cm³/mol. The molecule has 13 heavy (non-hydrogen) atoms. The van der Waals surface area contributed by atoms with Crippen LogP contribution in [0.15, 0.2) is 18.2 Å². The van der Waals surface area contributed by atoms with E-state index < -0.39 is 0 Å². The van der Waals surface area contributed by atoms with Crippen LogP contribution in [0.3, 0.4) is 0 Å². The van der Waals surface area contributed by atoms with Crippen molar-refractivity contribution in [2.24, 2.45) is 0 Å². The molecule has 2 rings (SSSR count). The Labute approximate surface area is 78.4 Å². The van der Waals surface area contributed by atoms with E-state index in [0.717, 1.165) is 11.0 Å². The van der Waals surface area contributed by atoms with Crippen molar-refractivity contribution in [3.8, 4) is 5.75 Å². The van der Waals surface area contributed by atoms with Gasteiger partial charge in [-0.15, -0.1) is 11.3 Å². The molecule has 2 aromatic rings. The molecule has 1 heterocycles. The largest absolute Gasteiger partial charge is 0.504 e. The maximum absolute atomic E-state index is 10.5. The Kier molecular flexibility index (Phi) is 1.70. The lowest BCUT2D eigenvalue weighted by molar-refractivity contribution is 0.112. The number of rotatable bonds is 1. The lowest BCUT2D eigenvalue weighted by atomic mass is 10.2. The van der Waals surface area contributed by atoms with Crippen molar-refractivity contribution in [2.75, 3.05) is 5.73 Å². The Hall–Kier alpha value is -1.55. The van der Waals surface area contributed by atoms with Gasteiger partial charge in [0.25, 0.3) is 0 Å². The molecule has 0 amide bonds. The van der Waals surface area contributed by atoms with Crippen molar-refractivity contribution in [1.82, 2.24) is 0 Å². The van der Waals surface area contributed by atoms with Crippen LogP contribution in [0.2, 0.25) is 0 Å². The summed E-state index contributed by atoms with van der Waals surface area (Å²) >= 11 is 1.28. The van der Waals surface area contributed by atoms with Crippen molar-refractivity contribution in [3.05, 3.63) is 23.8 Å². The molecule has 0 aliphatic rings. The summed E-state index contributed by atoms with van der Waals surface area (Å²) in [5.41, 5.74) is 6.12. The minimum atomic E-state index is 0.109. The number of anilines is 1. The third kappa shape index (κ3) is 1.15. The summed E-state index contributed by atoms with van der Waals surface area (Å²) in [4.78, 5) is 10.5. The maximum atomic E-state index is 10.5. The van der Waals surface area contributed by atoms with E-state index in [9.17, 15) is 9.90 Å². The van der Waals surface area contributed by atoms with Gasteiger partial charge in [0.1, 0.15) is 11.3 Å². The monoisotopic (exact) mass is 193 g/mol. The fourth-order valence-electron chi connectivity index (χ4n) is 1.19. The maximum Gasteiger partial charge on any atom is 0.157 e. The van der Waals surface area contributed by atoms with E-state index in [1.165, 1.54) is 11.3 Å². The average Bonchev–Trinajstić information content (AvgIpc) is 2.42. The average molecular weight is 193 g/mol. The molecule has 4 heteroatoms. The Morgan fingerprint density at radius 2 is 2.23 bits per heavy atom. The lowest BCUT2D eigenvalue weighted by Gasteiger charge is -1.91. The zero-order valence-electron chi connectivity index (χ0n) is 6.65. The first-order valence-corrected chi connectivity index (χ1v) is 4.50. The van der Waals surface area contributed by atoms with Crippen LogP contribution in [0.4, 0.5) is 5.00 Å². The van der Waals surface area contributed by atoms with Gasteiger partial charge in [0, 0.05) is 15.6 Å². The highest BCUT2D eigenvalue weighted by molar-refractivity contribution is 7.23. The number of benzene rings is 1. The standard InChI is InChI=1S/C9H7NO2S/c10-9-8(12)6-2-1-5(4-11)3-7(6)13-9/h1-4,12H,10H2. The summed E-state index contributed by atoms with van der Waals surface area (Å²) in [7, 11) is 0. The number of nitrogen functional groups attached to an aromatic ring is 1. The molecule has 0 saturated heterocycles. The van der Waals surface area contributed by atoms with Crippen molar-refractivity contribution in [3.63, 3.8) is 0 Å². The lowest BCUT2D eigenvalue weighted by Crippen LogP contribution is -1.77. The molecular formula is C9H7NO2S. The van der Waals surface area contributed by atoms with E-state index in [1.54, 1.807) is 18.2 Å². The Morgan fingerprint density at radius 1 is 1.46 bits per heavy atom. The molecule has 0 aliphatic carbocycles. The zero-order valence-corrected chi connectivity index (χ0v) is 7.47. The molecule has 1 aromatic carbocycles. The van der Waals surface area contributed by atoms with Crippen LogP contribution in [-0.2, 0) is 0 Å². The third-order valence-electron chi connectivity index (χ3n) is 1.85. The Morgan fingerprint density at radius 3 is 2.92 bits per heavy atom. The number of nitrogens with two attached hydrogens (primary N) is 1. The second kappa shape index (κ2) is 2.74. The number of aldehydes is 1. The van der Waals surface area contributed by atoms with E-state index in [1.807, 2.05) is 0 Å². The summed E-state index contributed by atoms with van der Waals surface area (Å²) in [6.45, 7) is 0. The van der Waals surface area contributed by atoms with Crippen LogP contribution in [-0.4, -0.2) is 11.4 Å². The van der Waals surface area contributed by atoms with E-state index in [2.05, 4.69) is 0 Å². The number of thiophene rings is 1. The number of carbonyl (C=O) groups is 1. The second-order valence-corrected chi connectivity index (χ2v) is 3.77. The molecule has 0 unspecified atom stereocenters. The van der Waals surface area contributed by atoms with Gasteiger partial charge in [-0.1, -0.05) is 6.07 Å². The first-order chi connectivity index (χ1) is 6.22. The smallest absolute Gasteiger partial charge is 0.157 e. The number of aromatic hydroxyl groups is 1. The first-order valence-electron chi connectivity index (χ1n) is 3.68. The van der Waals surface area contributed by atoms with Gasteiger partial charge in [0.2, 0.25) is 0 Å². The molecule has 1 aromatic heterocycles. The fraction of sp³-hybridized carbons (Fsp3) is 0. The van der Waals surface area contributed by atoms with Crippen molar-refractivity contribution >= 4 is 32.7 Å². The number of carbonyl (C=O) groups excluding carboxylic acids is 1. The Bertz CT molecular complexity index is 476. The highest BCUT2D eigenvalue weighted by atomic mass is 32.1. The van der Waals surface area contributed by atoms with E-state index in [0.29, 0.717) is 16.0 Å². The van der Waals surface area contributed by atoms with Gasteiger partial charge in [0.05, 0.1) is 0 Å². The number of hydrogen-bond acceptors (Lipinski definition) is 4. The van der Waals surface area contributed by atoms with Crippen LogP contribution in [0, 0.1) is 0 Å². The van der Waals surface area contributed by atoms with Crippen molar-refractivity contribution < 1.29 is 9.90 Å². The van der Waals surface area contributed by atoms with Gasteiger partial charge in [-0.2, -0.15) is 0 Å². The normalized spacial score (nSPS) is 10.5. The summed E-state index contributed by atoms with van der Waals surface area (Å²) in [6.07, 6.45) is 0.770. The number of hydrogen-bond donors (Lipinski definition) is 2. The molecule has 0 fully saturated rings. The van der Waals surface area contributed by atoms with Gasteiger partial charge >= 0.3 is 0 Å². The molecule has 66 valence electrons. The Balaban J connectivity index is 2.79. The third-order valence-corrected chi connectivity index (χ3v) is 2.82. The molecule has 3 N–H and O–H groups in total. The molecule has 0 saturated carbocycles. The minimum Gasteiger partial charge on any atom is -0.504 e. The van der Waals surface area contributed by atoms with Crippen LogP contribution in [0.25, 0.3) is 10.1 Å². The molecule has 0 atom stereocenters. The zero-order chi connectivity index (χ0) is 9.42.